The van der Waals surface area contributed by atoms with Gasteiger partial charge in [-0.1, -0.05) is 24.8 Å². The van der Waals surface area contributed by atoms with E-state index in [4.69, 9.17) is 15.7 Å². The molecule has 3 atom stereocenters. The number of benzene rings is 1. The molecule has 6 rings (SSSR count). The number of carbonyl (C=O) groups excluding carboxylic acids is 1. The molecule has 9 nitrogen and oxygen atoms in total. The Balaban J connectivity index is 1.33. The van der Waals surface area contributed by atoms with E-state index in [1.165, 1.54) is 29.3 Å². The Kier molecular flexibility index (Phi) is 7.13. The van der Waals surface area contributed by atoms with E-state index in [-0.39, 0.29) is 24.4 Å². The first-order valence-electron chi connectivity index (χ1n) is 14.4. The molecule has 2 saturated heterocycles. The summed E-state index contributed by atoms with van der Waals surface area (Å²) >= 11 is 0. The van der Waals surface area contributed by atoms with Crippen molar-refractivity contribution in [2.75, 3.05) is 54.0 Å². The monoisotopic (exact) mass is 526 g/mol. The van der Waals surface area contributed by atoms with Gasteiger partial charge in [0.1, 0.15) is 5.82 Å². The third-order valence-corrected chi connectivity index (χ3v) is 8.88. The van der Waals surface area contributed by atoms with E-state index in [0.29, 0.717) is 25.7 Å². The zero-order valence-corrected chi connectivity index (χ0v) is 22.6. The number of nitrogens with zero attached hydrogens (tertiary/aromatic N) is 7. The summed E-state index contributed by atoms with van der Waals surface area (Å²) in [7, 11) is 0. The number of nitriles is 1. The maximum Gasteiger partial charge on any atom is 0.246 e. The molecule has 9 heteroatoms. The molecule has 1 aromatic carbocycles. The molecule has 1 aliphatic carbocycles. The number of aryl methyl sites for hydroxylation is 1. The molecule has 2 N–H and O–H groups in total. The number of hydrogen-bond acceptors (Lipinski definition) is 8. The van der Waals surface area contributed by atoms with Gasteiger partial charge in [0.05, 0.1) is 24.2 Å². The van der Waals surface area contributed by atoms with Gasteiger partial charge in [-0.05, 0) is 49.8 Å². The third kappa shape index (κ3) is 4.94. The maximum absolute atomic E-state index is 12.5. The number of anilines is 3. The summed E-state index contributed by atoms with van der Waals surface area (Å²) in [5, 5.41) is 9.49. The first kappa shape index (κ1) is 25.6. The molecule has 204 valence electrons. The molecule has 0 saturated carbocycles. The Hall–Kier alpha value is -3.64. The first-order valence-corrected chi connectivity index (χ1v) is 14.4. The number of carbonyl (C=O) groups is 1. The quantitative estimate of drug-likeness (QED) is 0.593. The number of rotatable bonds is 5. The Bertz CT molecular complexity index is 1290. The van der Waals surface area contributed by atoms with Crippen molar-refractivity contribution in [1.82, 2.24) is 14.9 Å². The molecule has 0 spiro atoms. The van der Waals surface area contributed by atoms with Crippen LogP contribution in [0.15, 0.2) is 36.9 Å². The molecule has 4 aliphatic rings. The van der Waals surface area contributed by atoms with Gasteiger partial charge < -0.3 is 25.3 Å². The van der Waals surface area contributed by atoms with Gasteiger partial charge in [-0.15, -0.1) is 0 Å². The maximum atomic E-state index is 12.5. The fourth-order valence-corrected chi connectivity index (χ4v) is 6.88. The number of piperazine rings is 1. The van der Waals surface area contributed by atoms with Crippen molar-refractivity contribution in [1.29, 1.82) is 5.26 Å². The highest BCUT2D eigenvalue weighted by molar-refractivity contribution is 5.87. The fourth-order valence-electron chi connectivity index (χ4n) is 6.88. The molecule has 4 heterocycles. The molecule has 2 aromatic rings. The topological polar surface area (TPSA) is 106 Å². The van der Waals surface area contributed by atoms with Crippen molar-refractivity contribution >= 4 is 23.4 Å². The van der Waals surface area contributed by atoms with Crippen molar-refractivity contribution in [3.05, 3.63) is 53.7 Å². The van der Waals surface area contributed by atoms with Crippen LogP contribution in [0.3, 0.4) is 0 Å². The van der Waals surface area contributed by atoms with Crippen LogP contribution in [0.4, 0.5) is 17.5 Å². The summed E-state index contributed by atoms with van der Waals surface area (Å²) in [5.74, 6) is 1.62. The summed E-state index contributed by atoms with van der Waals surface area (Å²) in [6.45, 7) is 8.17. The molecule has 0 bridgehead atoms. The standard InChI is InChI=1S/C30H38N8O/c1-2-28(39)38-17-16-35(20-24(38)11-13-31)29-25-10-9-23(37-14-5-7-21-6-3-4-8-27(21)37)18-26(25)33-30(34-29)36-15-12-22(32)19-36/h2-4,6,8,22-24H,1,5,7,9-12,14-20,32H2/t22?,23-,24+/m1/s1. The van der Waals surface area contributed by atoms with Gasteiger partial charge in [0.2, 0.25) is 11.9 Å². The minimum absolute atomic E-state index is 0.115. The lowest BCUT2D eigenvalue weighted by Crippen LogP contribution is -2.55. The second-order valence-electron chi connectivity index (χ2n) is 11.3. The average Bonchev–Trinajstić information content (AvgIpc) is 3.42. The summed E-state index contributed by atoms with van der Waals surface area (Å²) in [5.41, 5.74) is 11.4. The summed E-state index contributed by atoms with van der Waals surface area (Å²) in [6, 6.07) is 11.5. The fraction of sp³-hybridized carbons (Fsp3) is 0.533. The number of fused-ring (bicyclic) bond motifs is 2. The van der Waals surface area contributed by atoms with Crippen LogP contribution < -0.4 is 20.4 Å². The molecule has 39 heavy (non-hydrogen) atoms. The van der Waals surface area contributed by atoms with E-state index in [1.54, 1.807) is 4.90 Å². The van der Waals surface area contributed by atoms with Crippen molar-refractivity contribution in [2.45, 2.75) is 63.1 Å². The largest absolute Gasteiger partial charge is 0.368 e. The van der Waals surface area contributed by atoms with Crippen molar-refractivity contribution in [3.8, 4) is 6.07 Å². The molecule has 2 fully saturated rings. The SMILES string of the molecule is C=CC(=O)N1CCN(c2nc(N3CCC(N)C3)nc3c2CC[C@@H](N2CCCc4ccccc42)C3)C[C@@H]1CC#N. The van der Waals surface area contributed by atoms with E-state index in [0.717, 1.165) is 69.2 Å². The van der Waals surface area contributed by atoms with Crippen LogP contribution in [0.5, 0.6) is 0 Å². The molecular formula is C30H38N8O. The average molecular weight is 527 g/mol. The van der Waals surface area contributed by atoms with Crippen LogP contribution in [0.1, 0.15) is 42.5 Å². The molecule has 1 aromatic heterocycles. The number of amides is 1. The second kappa shape index (κ2) is 10.9. The van der Waals surface area contributed by atoms with Gasteiger partial charge in [0, 0.05) is 69.0 Å². The molecular weight excluding hydrogens is 488 g/mol. The van der Waals surface area contributed by atoms with E-state index in [9.17, 15) is 10.1 Å². The van der Waals surface area contributed by atoms with Crippen molar-refractivity contribution in [3.63, 3.8) is 0 Å². The van der Waals surface area contributed by atoms with E-state index in [2.05, 4.69) is 51.6 Å². The zero-order valence-electron chi connectivity index (χ0n) is 22.6. The van der Waals surface area contributed by atoms with Gasteiger partial charge in [-0.2, -0.15) is 10.2 Å². The number of nitrogens with two attached hydrogens (primary N) is 1. The van der Waals surface area contributed by atoms with Gasteiger partial charge >= 0.3 is 0 Å². The predicted molar refractivity (Wildman–Crippen MR) is 153 cm³/mol. The van der Waals surface area contributed by atoms with E-state index < -0.39 is 0 Å². The smallest absolute Gasteiger partial charge is 0.246 e. The van der Waals surface area contributed by atoms with Crippen LogP contribution >= 0.6 is 0 Å². The Morgan fingerprint density at radius 1 is 1.10 bits per heavy atom. The highest BCUT2D eigenvalue weighted by Crippen LogP contribution is 2.37. The number of aromatic nitrogens is 2. The Morgan fingerprint density at radius 2 is 1.97 bits per heavy atom. The van der Waals surface area contributed by atoms with Crippen LogP contribution in [-0.2, 0) is 24.1 Å². The summed E-state index contributed by atoms with van der Waals surface area (Å²) < 4.78 is 0. The van der Waals surface area contributed by atoms with Crippen molar-refractivity contribution < 1.29 is 4.79 Å². The van der Waals surface area contributed by atoms with Gasteiger partial charge in [0.25, 0.3) is 0 Å². The lowest BCUT2D eigenvalue weighted by atomic mass is 9.88. The van der Waals surface area contributed by atoms with Crippen molar-refractivity contribution in [2.24, 2.45) is 5.73 Å². The predicted octanol–water partition coefficient (Wildman–Crippen LogP) is 2.44. The molecule has 1 amide bonds. The summed E-state index contributed by atoms with van der Waals surface area (Å²) in [6.07, 6.45) is 7.77. The van der Waals surface area contributed by atoms with Gasteiger partial charge in [-0.3, -0.25) is 4.79 Å². The van der Waals surface area contributed by atoms with E-state index in [1.807, 2.05) is 0 Å². The number of para-hydroxylation sites is 1. The highest BCUT2D eigenvalue weighted by atomic mass is 16.2. The Labute approximate surface area is 230 Å². The first-order chi connectivity index (χ1) is 19.1. The zero-order chi connectivity index (χ0) is 26.9. The van der Waals surface area contributed by atoms with Gasteiger partial charge in [-0.25, -0.2) is 4.98 Å². The number of hydrogen-bond donors (Lipinski definition) is 1. The lowest BCUT2D eigenvalue weighted by Gasteiger charge is -2.43. The van der Waals surface area contributed by atoms with E-state index >= 15 is 0 Å². The van der Waals surface area contributed by atoms with Crippen LogP contribution in [-0.4, -0.2) is 78.2 Å². The lowest BCUT2D eigenvalue weighted by molar-refractivity contribution is -0.128. The molecule has 3 aliphatic heterocycles. The molecule has 1 unspecified atom stereocenters. The second-order valence-corrected chi connectivity index (χ2v) is 11.3. The Morgan fingerprint density at radius 3 is 2.77 bits per heavy atom. The highest BCUT2D eigenvalue weighted by Gasteiger charge is 2.36. The minimum Gasteiger partial charge on any atom is -0.368 e. The van der Waals surface area contributed by atoms with Crippen LogP contribution in [0.25, 0.3) is 0 Å². The minimum atomic E-state index is -0.190. The van der Waals surface area contributed by atoms with Gasteiger partial charge in [0.15, 0.2) is 0 Å². The normalized spacial score (nSPS) is 24.7. The molecule has 0 radical (unpaired) electrons. The third-order valence-electron chi connectivity index (χ3n) is 8.88. The summed E-state index contributed by atoms with van der Waals surface area (Å²) in [4.78, 5) is 31.7. The van der Waals surface area contributed by atoms with Crippen LogP contribution in [0, 0.1) is 11.3 Å². The van der Waals surface area contributed by atoms with Crippen LogP contribution in [0.2, 0.25) is 0 Å².